The second kappa shape index (κ2) is 9.17. The van der Waals surface area contributed by atoms with E-state index in [1.165, 1.54) is 0 Å². The van der Waals surface area contributed by atoms with Crippen molar-refractivity contribution in [2.45, 2.75) is 32.4 Å². The van der Waals surface area contributed by atoms with E-state index in [0.29, 0.717) is 6.54 Å². The van der Waals surface area contributed by atoms with Crippen LogP contribution in [-0.4, -0.2) is 81.0 Å². The largest absolute Gasteiger partial charge is 0.376 e. The zero-order valence-electron chi connectivity index (χ0n) is 17.2. The molecule has 10 heteroatoms. The van der Waals surface area contributed by atoms with Gasteiger partial charge in [-0.3, -0.25) is 0 Å². The van der Waals surface area contributed by atoms with Gasteiger partial charge in [-0.1, -0.05) is 0 Å². The molecule has 0 amide bonds. The van der Waals surface area contributed by atoms with Crippen molar-refractivity contribution >= 4 is 11.9 Å². The number of rotatable bonds is 5. The van der Waals surface area contributed by atoms with Crippen LogP contribution in [-0.2, 0) is 18.3 Å². The lowest BCUT2D eigenvalue weighted by atomic mass is 10.2. The van der Waals surface area contributed by atoms with Gasteiger partial charge in [0.2, 0.25) is 5.95 Å². The summed E-state index contributed by atoms with van der Waals surface area (Å²) in [4.78, 5) is 18.1. The number of aliphatic imine (C=N–C) groups is 1. The van der Waals surface area contributed by atoms with E-state index in [9.17, 15) is 0 Å². The zero-order valence-corrected chi connectivity index (χ0v) is 17.2. The first-order valence-electron chi connectivity index (χ1n) is 10.2. The van der Waals surface area contributed by atoms with E-state index in [2.05, 4.69) is 35.3 Å². The van der Waals surface area contributed by atoms with Gasteiger partial charge in [0, 0.05) is 58.8 Å². The summed E-state index contributed by atoms with van der Waals surface area (Å²) in [6, 6.07) is 1.84. The lowest BCUT2D eigenvalue weighted by Gasteiger charge is -2.36. The van der Waals surface area contributed by atoms with E-state index < -0.39 is 0 Å². The summed E-state index contributed by atoms with van der Waals surface area (Å²) in [5, 5.41) is 11.9. The summed E-state index contributed by atoms with van der Waals surface area (Å²) in [5.74, 6) is 3.43. The minimum absolute atomic E-state index is 0.260. The van der Waals surface area contributed by atoms with Gasteiger partial charge in [0.15, 0.2) is 11.8 Å². The molecule has 4 heterocycles. The van der Waals surface area contributed by atoms with Gasteiger partial charge >= 0.3 is 0 Å². The number of hydrogen-bond acceptors (Lipinski definition) is 7. The maximum Gasteiger partial charge on any atom is 0.225 e. The van der Waals surface area contributed by atoms with E-state index >= 15 is 0 Å². The number of aromatic nitrogens is 5. The highest BCUT2D eigenvalue weighted by Gasteiger charge is 2.23. The highest BCUT2D eigenvalue weighted by molar-refractivity contribution is 5.80. The molecule has 2 fully saturated rings. The van der Waals surface area contributed by atoms with Crippen LogP contribution in [0.4, 0.5) is 5.95 Å². The minimum atomic E-state index is 0.260. The van der Waals surface area contributed by atoms with Gasteiger partial charge in [-0.15, -0.1) is 10.2 Å². The molecule has 10 nitrogen and oxygen atoms in total. The van der Waals surface area contributed by atoms with Crippen LogP contribution in [0.25, 0.3) is 0 Å². The molecule has 0 aliphatic carbocycles. The number of anilines is 1. The molecule has 1 unspecified atom stereocenters. The van der Waals surface area contributed by atoms with Crippen molar-refractivity contribution in [1.82, 2.24) is 34.9 Å². The van der Waals surface area contributed by atoms with Crippen LogP contribution in [0.1, 0.15) is 24.5 Å². The third-order valence-electron chi connectivity index (χ3n) is 5.48. The molecule has 2 aliphatic heterocycles. The average molecular weight is 400 g/mol. The molecule has 2 aliphatic rings. The van der Waals surface area contributed by atoms with E-state index in [-0.39, 0.29) is 6.10 Å². The van der Waals surface area contributed by atoms with Gasteiger partial charge in [0.1, 0.15) is 12.4 Å². The summed E-state index contributed by atoms with van der Waals surface area (Å²) < 4.78 is 7.74. The topological polar surface area (TPSA) is 96.6 Å². The van der Waals surface area contributed by atoms with Crippen LogP contribution in [0.15, 0.2) is 23.5 Å². The van der Waals surface area contributed by atoms with Gasteiger partial charge in [-0.25, -0.2) is 15.0 Å². The lowest BCUT2D eigenvalue weighted by molar-refractivity contribution is 0.113. The molecule has 0 aromatic carbocycles. The van der Waals surface area contributed by atoms with Crippen LogP contribution >= 0.6 is 0 Å². The number of nitrogens with one attached hydrogen (secondary N) is 1. The predicted molar refractivity (Wildman–Crippen MR) is 110 cm³/mol. The Morgan fingerprint density at radius 1 is 1.21 bits per heavy atom. The van der Waals surface area contributed by atoms with Gasteiger partial charge in [-0.2, -0.15) is 0 Å². The first-order valence-corrected chi connectivity index (χ1v) is 10.2. The SMILES string of the molecule is Cc1nnc(CN=C(NCC2CCCO2)N2CCN(c3ncccn3)CC2)n1C. The highest BCUT2D eigenvalue weighted by atomic mass is 16.5. The summed E-state index contributed by atoms with van der Waals surface area (Å²) >= 11 is 0. The van der Waals surface area contributed by atoms with Crippen molar-refractivity contribution in [3.05, 3.63) is 30.1 Å². The third kappa shape index (κ3) is 4.81. The normalized spacial score (nSPS) is 20.3. The van der Waals surface area contributed by atoms with Crippen molar-refractivity contribution in [3.63, 3.8) is 0 Å². The minimum Gasteiger partial charge on any atom is -0.376 e. The number of guanidine groups is 1. The number of piperazine rings is 1. The smallest absolute Gasteiger partial charge is 0.225 e. The maximum atomic E-state index is 5.76. The van der Waals surface area contributed by atoms with Gasteiger partial charge in [0.05, 0.1) is 6.10 Å². The van der Waals surface area contributed by atoms with Crippen LogP contribution in [0.3, 0.4) is 0 Å². The van der Waals surface area contributed by atoms with Crippen molar-refractivity contribution < 1.29 is 4.74 Å². The zero-order chi connectivity index (χ0) is 20.1. The molecular formula is C19H29N9O. The molecule has 156 valence electrons. The molecule has 4 rings (SSSR count). The van der Waals surface area contributed by atoms with Crippen molar-refractivity contribution in [2.75, 3.05) is 44.2 Å². The first-order chi connectivity index (χ1) is 14.2. The van der Waals surface area contributed by atoms with E-state index in [0.717, 1.165) is 75.7 Å². The molecule has 0 spiro atoms. The molecule has 2 aromatic heterocycles. The predicted octanol–water partition coefficient (Wildman–Crippen LogP) is 0.360. The van der Waals surface area contributed by atoms with Gasteiger partial charge in [-0.05, 0) is 25.8 Å². The molecule has 0 bridgehead atoms. The summed E-state index contributed by atoms with van der Waals surface area (Å²) in [5.41, 5.74) is 0. The van der Waals surface area contributed by atoms with Crippen molar-refractivity contribution in [3.8, 4) is 0 Å². The van der Waals surface area contributed by atoms with E-state index in [1.54, 1.807) is 12.4 Å². The Labute approximate surface area is 171 Å². The fraction of sp³-hybridized carbons (Fsp3) is 0.632. The number of ether oxygens (including phenoxy) is 1. The van der Waals surface area contributed by atoms with Crippen molar-refractivity contribution in [1.29, 1.82) is 0 Å². The third-order valence-corrected chi connectivity index (χ3v) is 5.48. The molecule has 1 atom stereocenters. The first kappa shape index (κ1) is 19.6. The number of hydrogen-bond donors (Lipinski definition) is 1. The second-order valence-corrected chi connectivity index (χ2v) is 7.40. The second-order valence-electron chi connectivity index (χ2n) is 7.40. The van der Waals surface area contributed by atoms with Crippen LogP contribution in [0.5, 0.6) is 0 Å². The molecule has 1 N–H and O–H groups in total. The monoisotopic (exact) mass is 399 g/mol. The lowest BCUT2D eigenvalue weighted by Crippen LogP contribution is -2.53. The Kier molecular flexibility index (Phi) is 6.18. The number of nitrogens with zero attached hydrogens (tertiary/aromatic N) is 8. The fourth-order valence-corrected chi connectivity index (χ4v) is 3.59. The summed E-state index contributed by atoms with van der Waals surface area (Å²) in [6.07, 6.45) is 6.06. The van der Waals surface area contributed by atoms with Gasteiger partial charge < -0.3 is 24.4 Å². The molecule has 29 heavy (non-hydrogen) atoms. The molecule has 2 saturated heterocycles. The van der Waals surface area contributed by atoms with E-state index in [4.69, 9.17) is 9.73 Å². The Bertz CT molecular complexity index is 808. The molecular weight excluding hydrogens is 370 g/mol. The molecule has 0 saturated carbocycles. The van der Waals surface area contributed by atoms with Crippen LogP contribution in [0.2, 0.25) is 0 Å². The Balaban J connectivity index is 1.41. The fourth-order valence-electron chi connectivity index (χ4n) is 3.59. The Hall–Kier alpha value is -2.75. The van der Waals surface area contributed by atoms with Gasteiger partial charge in [0.25, 0.3) is 0 Å². The highest BCUT2D eigenvalue weighted by Crippen LogP contribution is 2.13. The maximum absolute atomic E-state index is 5.76. The summed E-state index contributed by atoms with van der Waals surface area (Å²) in [7, 11) is 1.97. The Morgan fingerprint density at radius 2 is 2.00 bits per heavy atom. The Morgan fingerprint density at radius 3 is 2.66 bits per heavy atom. The van der Waals surface area contributed by atoms with Crippen molar-refractivity contribution in [2.24, 2.45) is 12.0 Å². The quantitative estimate of drug-likeness (QED) is 0.569. The van der Waals surface area contributed by atoms with Crippen LogP contribution in [0, 0.1) is 6.92 Å². The summed E-state index contributed by atoms with van der Waals surface area (Å²) in [6.45, 7) is 7.49. The molecule has 0 radical (unpaired) electrons. The van der Waals surface area contributed by atoms with Crippen LogP contribution < -0.4 is 10.2 Å². The molecule has 2 aromatic rings. The standard InChI is InChI=1S/C19H29N9O/c1-15-24-25-17(26(15)2)14-23-19(22-13-16-5-3-12-29-16)28-10-8-27(9-11-28)18-20-6-4-7-21-18/h4,6-7,16H,3,5,8-14H2,1-2H3,(H,22,23). The number of aryl methyl sites for hydroxylation is 1. The average Bonchev–Trinajstić information content (AvgIpc) is 3.40. The van der Waals surface area contributed by atoms with E-state index in [1.807, 2.05) is 24.6 Å².